The molecule has 0 bridgehead atoms. The standard InChI is InChI=1S/C10H14N2O6.Cs/c1-4-2-12(10(17)11-8(4)16)9-7(15)6(14)5(3-13)18-9;/h2,5-7,9,13-15H,3H2,1H3,(H,11,16,17);/q;+1/p-1/t5-,6-,7-,9-;/m1./s1. The average molecular weight is 390 g/mol. The van der Waals surface area contributed by atoms with Gasteiger partial charge in [0.25, 0.3) is 0 Å². The van der Waals surface area contributed by atoms with E-state index in [4.69, 9.17) is 9.84 Å². The Morgan fingerprint density at radius 2 is 2.00 bits per heavy atom. The first kappa shape index (κ1) is 17.6. The van der Waals surface area contributed by atoms with Crippen molar-refractivity contribution < 1.29 is 89.0 Å². The summed E-state index contributed by atoms with van der Waals surface area (Å²) in [5, 5.41) is 28.3. The smallest absolute Gasteiger partial charge is 0.394 e. The van der Waals surface area contributed by atoms with Gasteiger partial charge in [-0.1, -0.05) is 6.20 Å². The predicted molar refractivity (Wildman–Crippen MR) is 58.0 cm³/mol. The zero-order valence-corrected chi connectivity index (χ0v) is 16.8. The van der Waals surface area contributed by atoms with E-state index in [1.54, 1.807) is 0 Å². The van der Waals surface area contributed by atoms with Crippen molar-refractivity contribution in [3.05, 3.63) is 32.6 Å². The van der Waals surface area contributed by atoms with Crippen molar-refractivity contribution in [2.75, 3.05) is 6.61 Å². The minimum absolute atomic E-state index is 0. The van der Waals surface area contributed by atoms with Gasteiger partial charge >= 0.3 is 68.9 Å². The Morgan fingerprint density at radius 1 is 1.37 bits per heavy atom. The summed E-state index contributed by atoms with van der Waals surface area (Å²) in [6, 6.07) is 0. The van der Waals surface area contributed by atoms with E-state index in [9.17, 15) is 19.8 Å². The van der Waals surface area contributed by atoms with Crippen LogP contribution in [0.2, 0.25) is 0 Å². The van der Waals surface area contributed by atoms with Crippen LogP contribution in [0, 0.1) is 6.92 Å². The maximum Gasteiger partial charge on any atom is 1.00 e. The maximum absolute atomic E-state index is 11.5. The largest absolute Gasteiger partial charge is 1.00 e. The predicted octanol–water partition coefficient (Wildman–Crippen LogP) is -5.91. The molecule has 4 atom stereocenters. The number of aryl methyl sites for hydroxylation is 1. The van der Waals surface area contributed by atoms with Crippen LogP contribution in [0.25, 0.3) is 0 Å². The summed E-state index contributed by atoms with van der Waals surface area (Å²) in [5.74, 6) is 0. The van der Waals surface area contributed by atoms with Crippen molar-refractivity contribution in [2.45, 2.75) is 31.5 Å². The second kappa shape index (κ2) is 7.02. The molecule has 100 valence electrons. The van der Waals surface area contributed by atoms with Gasteiger partial charge in [0.05, 0.1) is 12.8 Å². The van der Waals surface area contributed by atoms with Gasteiger partial charge in [-0.25, -0.2) is 0 Å². The molecule has 0 radical (unpaired) electrons. The van der Waals surface area contributed by atoms with E-state index in [1.807, 2.05) is 0 Å². The molecule has 1 saturated heterocycles. The third-order valence-electron chi connectivity index (χ3n) is 2.88. The van der Waals surface area contributed by atoms with Crippen LogP contribution < -0.4 is 85.1 Å². The van der Waals surface area contributed by atoms with Gasteiger partial charge in [0, 0.05) is 0 Å². The minimum Gasteiger partial charge on any atom is -0.394 e. The first-order valence-corrected chi connectivity index (χ1v) is 5.35. The van der Waals surface area contributed by atoms with E-state index in [-0.39, 0.29) is 74.5 Å². The number of rotatable bonds is 2. The monoisotopic (exact) mass is 390 g/mol. The molecule has 19 heavy (non-hydrogen) atoms. The normalized spacial score (nSPS) is 30.1. The molecule has 1 aliphatic rings. The van der Waals surface area contributed by atoms with Crippen LogP contribution in [0.1, 0.15) is 11.8 Å². The number of ether oxygens (including phenoxy) is 1. The molecule has 2 rings (SSSR count). The van der Waals surface area contributed by atoms with Gasteiger partial charge in [0.1, 0.15) is 18.3 Å². The molecule has 8 nitrogen and oxygen atoms in total. The van der Waals surface area contributed by atoms with E-state index in [1.165, 1.54) is 13.1 Å². The van der Waals surface area contributed by atoms with Crippen LogP contribution in [0.3, 0.4) is 0 Å². The van der Waals surface area contributed by atoms with Gasteiger partial charge in [0.2, 0.25) is 0 Å². The van der Waals surface area contributed by atoms with Crippen molar-refractivity contribution in [1.29, 1.82) is 0 Å². The van der Waals surface area contributed by atoms with E-state index >= 15 is 0 Å². The number of hydrogen-bond donors (Lipinski definition) is 3. The summed E-state index contributed by atoms with van der Waals surface area (Å²) in [7, 11) is 0. The molecule has 2 heterocycles. The molecule has 0 amide bonds. The molecule has 1 fully saturated rings. The van der Waals surface area contributed by atoms with Gasteiger partial charge in [-0.15, -0.1) is 0 Å². The molecule has 0 aliphatic carbocycles. The van der Waals surface area contributed by atoms with Crippen molar-refractivity contribution in [1.82, 2.24) is 9.55 Å². The number of aliphatic hydroxyl groups excluding tert-OH is 3. The Balaban J connectivity index is 0.00000180. The van der Waals surface area contributed by atoms with Crippen LogP contribution in [0.5, 0.6) is 0 Å². The van der Waals surface area contributed by atoms with E-state index in [2.05, 4.69) is 4.98 Å². The number of hydrogen-bond acceptors (Lipinski definition) is 6. The maximum atomic E-state index is 11.5. The second-order valence-corrected chi connectivity index (χ2v) is 4.15. The zero-order chi connectivity index (χ0) is 13.4. The van der Waals surface area contributed by atoms with Gasteiger partial charge in [-0.3, -0.25) is 9.59 Å². The Kier molecular flexibility index (Phi) is 6.52. The molecule has 0 spiro atoms. The Hall–Kier alpha value is 0.572. The third kappa shape index (κ3) is 3.43. The topological polar surface area (TPSA) is 123 Å². The number of aromatic nitrogens is 2. The van der Waals surface area contributed by atoms with Gasteiger partial charge < -0.3 is 29.6 Å². The fraction of sp³-hybridized carbons (Fsp3) is 0.600. The molecule has 3 N–H and O–H groups in total. The van der Waals surface area contributed by atoms with Crippen molar-refractivity contribution in [3.63, 3.8) is 0 Å². The fourth-order valence-corrected chi connectivity index (χ4v) is 1.84. The fourth-order valence-electron chi connectivity index (χ4n) is 1.84. The van der Waals surface area contributed by atoms with E-state index in [0.29, 0.717) is 0 Å². The first-order valence-electron chi connectivity index (χ1n) is 5.35. The molecular weight excluding hydrogens is 377 g/mol. The van der Waals surface area contributed by atoms with Crippen molar-refractivity contribution in [2.24, 2.45) is 0 Å². The number of aliphatic hydroxyl groups is 3. The van der Waals surface area contributed by atoms with Gasteiger partial charge in [-0.2, -0.15) is 0 Å². The first-order chi connectivity index (χ1) is 8.45. The molecule has 0 aromatic carbocycles. The summed E-state index contributed by atoms with van der Waals surface area (Å²) < 4.78 is 6.10. The zero-order valence-electron chi connectivity index (χ0n) is 10.6. The van der Waals surface area contributed by atoms with Crippen LogP contribution in [0.4, 0.5) is 0 Å². The summed E-state index contributed by atoms with van der Waals surface area (Å²) in [4.78, 5) is 25.9. The Bertz CT molecular complexity index is 556. The number of nitrogens with zero attached hydrogens (tertiary/aromatic N) is 2. The van der Waals surface area contributed by atoms with Crippen LogP contribution in [-0.4, -0.2) is 44.8 Å². The average Bonchev–Trinajstić information content (AvgIpc) is 2.61. The van der Waals surface area contributed by atoms with Crippen molar-refractivity contribution >= 4 is 0 Å². The Labute approximate surface area is 166 Å². The summed E-state index contributed by atoms with van der Waals surface area (Å²) in [6.45, 7) is 0.974. The summed E-state index contributed by atoms with van der Waals surface area (Å²) in [5.41, 5.74) is -1.31. The minimum atomic E-state index is -1.38. The quantitative estimate of drug-likeness (QED) is 0.460. The molecule has 0 saturated carbocycles. The van der Waals surface area contributed by atoms with Gasteiger partial charge in [-0.05, 0) is 12.5 Å². The SMILES string of the molecule is Cc1cn([C@@H]2O[C@H](CO)[C@@H](O)[C@H]2O)c(=O)[n-]c1=O.[Cs+]. The molecule has 9 heteroatoms. The second-order valence-electron chi connectivity index (χ2n) is 4.15. The van der Waals surface area contributed by atoms with E-state index in [0.717, 1.165) is 4.57 Å². The van der Waals surface area contributed by atoms with Gasteiger partial charge in [0.15, 0.2) is 11.2 Å². The summed E-state index contributed by atoms with van der Waals surface area (Å²) in [6.07, 6.45) is -3.63. The molecule has 1 aromatic rings. The Morgan fingerprint density at radius 3 is 2.53 bits per heavy atom. The van der Waals surface area contributed by atoms with Crippen LogP contribution in [-0.2, 0) is 4.74 Å². The molecule has 1 aromatic heterocycles. The third-order valence-corrected chi connectivity index (χ3v) is 2.88. The van der Waals surface area contributed by atoms with Crippen molar-refractivity contribution in [3.8, 4) is 0 Å². The molecule has 0 unspecified atom stereocenters. The van der Waals surface area contributed by atoms with E-state index < -0.39 is 42.4 Å². The summed E-state index contributed by atoms with van der Waals surface area (Å²) >= 11 is 0. The molecule has 1 aliphatic heterocycles. The van der Waals surface area contributed by atoms with Crippen LogP contribution >= 0.6 is 0 Å². The molecular formula is C10H13CsN2O6. The van der Waals surface area contributed by atoms with Crippen LogP contribution in [0.15, 0.2) is 15.8 Å².